The number of aromatic nitrogens is 2. The van der Waals surface area contributed by atoms with E-state index in [-0.39, 0.29) is 5.78 Å². The number of Topliss-reactive ketones (excluding diaryl/α,β-unsaturated/α-hetero) is 1. The molecule has 0 saturated carbocycles. The fourth-order valence-electron chi connectivity index (χ4n) is 4.24. The van der Waals surface area contributed by atoms with E-state index in [1.807, 2.05) is 13.1 Å². The molecule has 0 radical (unpaired) electrons. The summed E-state index contributed by atoms with van der Waals surface area (Å²) in [6.45, 7) is 4.77. The highest BCUT2D eigenvalue weighted by atomic mass is 16.7. The maximum atomic E-state index is 12.3. The average Bonchev–Trinajstić information content (AvgIpc) is 3.21. The summed E-state index contributed by atoms with van der Waals surface area (Å²) in [6, 6.07) is 6.15. The topological polar surface area (TPSA) is 79.8 Å². The van der Waals surface area contributed by atoms with Crippen LogP contribution in [-0.2, 0) is 13.0 Å². The fraction of sp³-hybridized carbons (Fsp3) is 0.476. The molecular formula is C21H25N5O3. The highest BCUT2D eigenvalue weighted by molar-refractivity contribution is 6.02. The molecule has 1 fully saturated rings. The number of nitrogens with one attached hydrogen (secondary N) is 1. The minimum absolute atomic E-state index is 0.149. The van der Waals surface area contributed by atoms with Crippen molar-refractivity contribution in [2.75, 3.05) is 50.2 Å². The number of anilines is 2. The van der Waals surface area contributed by atoms with Crippen molar-refractivity contribution in [3.8, 4) is 11.5 Å². The molecule has 0 spiro atoms. The number of aryl methyl sites for hydroxylation is 1. The number of carbonyl (C=O) groups is 1. The Bertz CT molecular complexity index is 923. The van der Waals surface area contributed by atoms with Crippen LogP contribution in [0.25, 0.3) is 0 Å². The van der Waals surface area contributed by atoms with Gasteiger partial charge >= 0.3 is 0 Å². The quantitative estimate of drug-likeness (QED) is 0.843. The SMILES string of the molecule is CNc1nc(N2CCN(Cc3ccc4c(c3)OCO4)CC2)nc2c1C(=O)CCC2. The normalized spacial score (nSPS) is 18.7. The van der Waals surface area contributed by atoms with Crippen molar-refractivity contribution >= 4 is 17.5 Å². The van der Waals surface area contributed by atoms with Gasteiger partial charge in [-0.15, -0.1) is 0 Å². The van der Waals surface area contributed by atoms with Crippen LogP contribution in [0.5, 0.6) is 11.5 Å². The molecular weight excluding hydrogens is 370 g/mol. The van der Waals surface area contributed by atoms with Gasteiger partial charge in [0, 0.05) is 46.2 Å². The number of hydrogen-bond donors (Lipinski definition) is 1. The van der Waals surface area contributed by atoms with E-state index in [1.54, 1.807) is 0 Å². The van der Waals surface area contributed by atoms with E-state index >= 15 is 0 Å². The van der Waals surface area contributed by atoms with Crippen molar-refractivity contribution < 1.29 is 14.3 Å². The van der Waals surface area contributed by atoms with Gasteiger partial charge in [-0.05, 0) is 30.5 Å². The molecule has 0 bridgehead atoms. The first-order chi connectivity index (χ1) is 14.2. The van der Waals surface area contributed by atoms with Gasteiger partial charge in [-0.25, -0.2) is 4.98 Å². The number of carbonyl (C=O) groups excluding carboxylic acids is 1. The first-order valence-electron chi connectivity index (χ1n) is 10.2. The number of nitrogens with zero attached hydrogens (tertiary/aromatic N) is 4. The highest BCUT2D eigenvalue weighted by Gasteiger charge is 2.27. The van der Waals surface area contributed by atoms with Crippen LogP contribution in [0.2, 0.25) is 0 Å². The Morgan fingerprint density at radius 2 is 1.90 bits per heavy atom. The van der Waals surface area contributed by atoms with Crippen molar-refractivity contribution in [1.29, 1.82) is 0 Å². The lowest BCUT2D eigenvalue weighted by Gasteiger charge is -2.35. The molecule has 8 nitrogen and oxygen atoms in total. The summed E-state index contributed by atoms with van der Waals surface area (Å²) in [5.74, 6) is 3.19. The molecule has 1 aliphatic carbocycles. The van der Waals surface area contributed by atoms with E-state index < -0.39 is 0 Å². The zero-order chi connectivity index (χ0) is 19.8. The van der Waals surface area contributed by atoms with Gasteiger partial charge in [0.15, 0.2) is 17.3 Å². The van der Waals surface area contributed by atoms with E-state index in [4.69, 9.17) is 14.5 Å². The second-order valence-electron chi connectivity index (χ2n) is 7.67. The predicted octanol–water partition coefficient (Wildman–Crippen LogP) is 2.09. The first-order valence-corrected chi connectivity index (χ1v) is 10.2. The summed E-state index contributed by atoms with van der Waals surface area (Å²) in [5, 5.41) is 3.10. The zero-order valence-corrected chi connectivity index (χ0v) is 16.6. The summed E-state index contributed by atoms with van der Waals surface area (Å²) in [4.78, 5) is 26.3. The third-order valence-electron chi connectivity index (χ3n) is 5.80. The molecule has 29 heavy (non-hydrogen) atoms. The van der Waals surface area contributed by atoms with Gasteiger partial charge in [-0.3, -0.25) is 9.69 Å². The molecule has 3 heterocycles. The van der Waals surface area contributed by atoms with Crippen LogP contribution in [0, 0.1) is 0 Å². The Morgan fingerprint density at radius 1 is 1.07 bits per heavy atom. The maximum absolute atomic E-state index is 12.3. The van der Waals surface area contributed by atoms with E-state index in [2.05, 4.69) is 32.2 Å². The van der Waals surface area contributed by atoms with Gasteiger partial charge < -0.3 is 19.7 Å². The fourth-order valence-corrected chi connectivity index (χ4v) is 4.24. The number of fused-ring (bicyclic) bond motifs is 2. The number of ether oxygens (including phenoxy) is 2. The summed E-state index contributed by atoms with van der Waals surface area (Å²) in [6.07, 6.45) is 2.30. The summed E-state index contributed by atoms with van der Waals surface area (Å²) in [7, 11) is 1.82. The van der Waals surface area contributed by atoms with Crippen LogP contribution in [-0.4, -0.2) is 60.7 Å². The van der Waals surface area contributed by atoms with Gasteiger partial charge in [0.1, 0.15) is 5.82 Å². The second-order valence-corrected chi connectivity index (χ2v) is 7.67. The number of benzene rings is 1. The molecule has 1 aromatic heterocycles. The minimum atomic E-state index is 0.149. The van der Waals surface area contributed by atoms with Gasteiger partial charge in [0.05, 0.1) is 11.3 Å². The maximum Gasteiger partial charge on any atom is 0.231 e. The van der Waals surface area contributed by atoms with E-state index in [0.29, 0.717) is 24.6 Å². The second kappa shape index (κ2) is 7.51. The first kappa shape index (κ1) is 18.2. The minimum Gasteiger partial charge on any atom is -0.454 e. The molecule has 2 aromatic rings. The van der Waals surface area contributed by atoms with Crippen molar-refractivity contribution in [3.05, 3.63) is 35.0 Å². The van der Waals surface area contributed by atoms with Crippen LogP contribution in [0.15, 0.2) is 18.2 Å². The molecule has 0 atom stereocenters. The van der Waals surface area contributed by atoms with E-state index in [9.17, 15) is 4.79 Å². The lowest BCUT2D eigenvalue weighted by molar-refractivity contribution is 0.0972. The Balaban J connectivity index is 1.26. The predicted molar refractivity (Wildman–Crippen MR) is 109 cm³/mol. The van der Waals surface area contributed by atoms with Gasteiger partial charge in [0.25, 0.3) is 0 Å². The van der Waals surface area contributed by atoms with Crippen molar-refractivity contribution in [2.45, 2.75) is 25.8 Å². The van der Waals surface area contributed by atoms with Crippen LogP contribution in [0.3, 0.4) is 0 Å². The van der Waals surface area contributed by atoms with Crippen molar-refractivity contribution in [1.82, 2.24) is 14.9 Å². The molecule has 3 aliphatic rings. The molecule has 0 amide bonds. The Morgan fingerprint density at radius 3 is 2.72 bits per heavy atom. The van der Waals surface area contributed by atoms with Gasteiger partial charge in [0.2, 0.25) is 12.7 Å². The van der Waals surface area contributed by atoms with Crippen molar-refractivity contribution in [2.24, 2.45) is 0 Å². The monoisotopic (exact) mass is 395 g/mol. The number of ketones is 1. The molecule has 1 aromatic carbocycles. The molecule has 0 unspecified atom stereocenters. The third-order valence-corrected chi connectivity index (χ3v) is 5.80. The number of rotatable bonds is 4. The van der Waals surface area contributed by atoms with Gasteiger partial charge in [-0.2, -0.15) is 4.98 Å². The Hall–Kier alpha value is -2.87. The standard InChI is InChI=1S/C21H25N5O3/c1-22-20-19-15(3-2-4-16(19)27)23-21(24-20)26-9-7-25(8-10-26)12-14-5-6-17-18(11-14)29-13-28-17/h5-6,11H,2-4,7-10,12-13H2,1H3,(H,22,23,24). The van der Waals surface area contributed by atoms with Crippen LogP contribution >= 0.6 is 0 Å². The molecule has 152 valence electrons. The van der Waals surface area contributed by atoms with Crippen LogP contribution < -0.4 is 19.7 Å². The lowest BCUT2D eigenvalue weighted by Crippen LogP contribution is -2.46. The van der Waals surface area contributed by atoms with E-state index in [1.165, 1.54) is 5.56 Å². The largest absolute Gasteiger partial charge is 0.454 e. The number of piperazine rings is 1. The van der Waals surface area contributed by atoms with Crippen LogP contribution in [0.1, 0.15) is 34.5 Å². The third kappa shape index (κ3) is 3.48. The lowest BCUT2D eigenvalue weighted by atomic mass is 9.95. The highest BCUT2D eigenvalue weighted by Crippen LogP contribution is 2.33. The summed E-state index contributed by atoms with van der Waals surface area (Å²) in [5.41, 5.74) is 2.80. The number of hydrogen-bond acceptors (Lipinski definition) is 8. The molecule has 8 heteroatoms. The smallest absolute Gasteiger partial charge is 0.231 e. The van der Waals surface area contributed by atoms with Crippen LogP contribution in [0.4, 0.5) is 11.8 Å². The summed E-state index contributed by atoms with van der Waals surface area (Å²) >= 11 is 0. The summed E-state index contributed by atoms with van der Waals surface area (Å²) < 4.78 is 10.9. The molecule has 5 rings (SSSR count). The molecule has 1 saturated heterocycles. The molecule has 2 aliphatic heterocycles. The van der Waals surface area contributed by atoms with E-state index in [0.717, 1.165) is 68.7 Å². The Labute approximate surface area is 169 Å². The van der Waals surface area contributed by atoms with Crippen molar-refractivity contribution in [3.63, 3.8) is 0 Å². The Kier molecular flexibility index (Phi) is 4.71. The average molecular weight is 395 g/mol. The molecule has 1 N–H and O–H groups in total. The zero-order valence-electron chi connectivity index (χ0n) is 16.6. The van der Waals surface area contributed by atoms with Gasteiger partial charge in [-0.1, -0.05) is 6.07 Å².